The average Bonchev–Trinajstić information content (AvgIpc) is 2.33. The Morgan fingerprint density at radius 3 is 2.13 bits per heavy atom. The highest BCUT2D eigenvalue weighted by atomic mass is 16.6. The minimum absolute atomic E-state index is 0.0185. The molecule has 1 aliphatic heterocycles. The van der Waals surface area contributed by atoms with Crippen molar-refractivity contribution in [2.75, 3.05) is 26.4 Å². The molecule has 0 aromatic carbocycles. The molecule has 1 aromatic rings. The van der Waals surface area contributed by atoms with E-state index in [1.54, 1.807) is 0 Å². The van der Waals surface area contributed by atoms with Crippen LogP contribution in [-0.2, 0) is 9.47 Å². The lowest BCUT2D eigenvalue weighted by atomic mass is 10.4. The molecule has 0 aliphatic carbocycles. The Labute approximate surface area is 86.9 Å². The van der Waals surface area contributed by atoms with E-state index in [1.807, 2.05) is 0 Å². The van der Waals surface area contributed by atoms with Crippen molar-refractivity contribution in [3.8, 4) is 0 Å². The smallest absolute Gasteiger partial charge is 0.354 e. The summed E-state index contributed by atoms with van der Waals surface area (Å²) in [4.78, 5) is 17.1. The summed E-state index contributed by atoms with van der Waals surface area (Å²) in [5.74, 6) is -1.03. The normalized spacial score (nSPS) is 14.9. The zero-order valence-electron chi connectivity index (χ0n) is 8.13. The van der Waals surface area contributed by atoms with Gasteiger partial charge in [-0.1, -0.05) is 0 Å². The highest BCUT2D eigenvalue weighted by Gasteiger charge is 1.99. The molecule has 15 heavy (non-hydrogen) atoms. The Morgan fingerprint density at radius 2 is 1.87 bits per heavy atom. The Morgan fingerprint density at radius 1 is 1.27 bits per heavy atom. The number of hydrogen-bond donors (Lipinski definition) is 1. The van der Waals surface area contributed by atoms with Crippen molar-refractivity contribution >= 4 is 5.97 Å². The number of carboxylic acids is 1. The summed E-state index contributed by atoms with van der Waals surface area (Å²) in [7, 11) is 0. The van der Waals surface area contributed by atoms with Gasteiger partial charge in [-0.2, -0.15) is 0 Å². The van der Waals surface area contributed by atoms with Crippen LogP contribution in [0, 0.1) is 0 Å². The van der Waals surface area contributed by atoms with E-state index in [0.29, 0.717) is 0 Å². The molecule has 6 nitrogen and oxygen atoms in total. The molecule has 1 aromatic heterocycles. The van der Waals surface area contributed by atoms with Gasteiger partial charge in [0.2, 0.25) is 0 Å². The van der Waals surface area contributed by atoms with Crippen LogP contribution >= 0.6 is 0 Å². The number of rotatable bonds is 1. The molecule has 0 unspecified atom stereocenters. The summed E-state index contributed by atoms with van der Waals surface area (Å²) in [5, 5.41) is 8.29. The molecule has 0 spiro atoms. The second-order valence-corrected chi connectivity index (χ2v) is 2.62. The molecule has 0 radical (unpaired) electrons. The number of ether oxygens (including phenoxy) is 2. The predicted molar refractivity (Wildman–Crippen MR) is 50.6 cm³/mol. The van der Waals surface area contributed by atoms with Crippen LogP contribution in [0.4, 0.5) is 0 Å². The number of nitrogens with zero attached hydrogens (tertiary/aromatic N) is 2. The molecular weight excluding hydrogens is 200 g/mol. The van der Waals surface area contributed by atoms with E-state index < -0.39 is 5.97 Å². The van der Waals surface area contributed by atoms with Crippen LogP contribution < -0.4 is 0 Å². The number of carbonyl (C=O) groups is 1. The third-order valence-electron chi connectivity index (χ3n) is 1.55. The summed E-state index contributed by atoms with van der Waals surface area (Å²) in [6.07, 6.45) is 2.58. The number of carboxylic acid groups (broad SMARTS) is 1. The van der Waals surface area contributed by atoms with Crippen molar-refractivity contribution in [2.24, 2.45) is 0 Å². The van der Waals surface area contributed by atoms with E-state index in [4.69, 9.17) is 14.6 Å². The van der Waals surface area contributed by atoms with Crippen LogP contribution in [0.1, 0.15) is 10.5 Å². The number of aromatic carboxylic acids is 1. The van der Waals surface area contributed by atoms with Crippen LogP contribution in [0.2, 0.25) is 0 Å². The zero-order valence-corrected chi connectivity index (χ0v) is 8.13. The van der Waals surface area contributed by atoms with Gasteiger partial charge in [0.25, 0.3) is 0 Å². The van der Waals surface area contributed by atoms with Gasteiger partial charge in [0.15, 0.2) is 5.69 Å². The maximum Gasteiger partial charge on any atom is 0.354 e. The molecule has 0 saturated carbocycles. The Kier molecular flexibility index (Phi) is 5.28. The highest BCUT2D eigenvalue weighted by Crippen LogP contribution is 1.87. The fourth-order valence-corrected chi connectivity index (χ4v) is 0.857. The SMILES string of the molecule is C1COCCO1.O=C(O)c1ccncn1. The van der Waals surface area contributed by atoms with Crippen molar-refractivity contribution in [3.63, 3.8) is 0 Å². The molecule has 1 saturated heterocycles. The predicted octanol–water partition coefficient (Wildman–Crippen LogP) is 0.208. The molecule has 1 fully saturated rings. The third-order valence-corrected chi connectivity index (χ3v) is 1.55. The largest absolute Gasteiger partial charge is 0.477 e. The van der Waals surface area contributed by atoms with Gasteiger partial charge in [-0.15, -0.1) is 0 Å². The van der Waals surface area contributed by atoms with Gasteiger partial charge < -0.3 is 14.6 Å². The van der Waals surface area contributed by atoms with Gasteiger partial charge in [0, 0.05) is 6.20 Å². The summed E-state index contributed by atoms with van der Waals surface area (Å²) in [6, 6.07) is 1.34. The van der Waals surface area contributed by atoms with Crippen LogP contribution in [0.3, 0.4) is 0 Å². The van der Waals surface area contributed by atoms with Crippen molar-refractivity contribution in [1.29, 1.82) is 0 Å². The van der Waals surface area contributed by atoms with Crippen molar-refractivity contribution < 1.29 is 19.4 Å². The van der Waals surface area contributed by atoms with Gasteiger partial charge in [-0.05, 0) is 6.07 Å². The summed E-state index contributed by atoms with van der Waals surface area (Å²) in [5.41, 5.74) is 0.0185. The third kappa shape index (κ3) is 5.04. The molecule has 82 valence electrons. The fraction of sp³-hybridized carbons (Fsp3) is 0.444. The number of hydrogen-bond acceptors (Lipinski definition) is 5. The zero-order chi connectivity index (χ0) is 10.9. The monoisotopic (exact) mass is 212 g/mol. The first kappa shape index (κ1) is 11.5. The molecule has 0 amide bonds. The first-order valence-electron chi connectivity index (χ1n) is 4.45. The van der Waals surface area contributed by atoms with E-state index in [-0.39, 0.29) is 5.69 Å². The molecule has 2 heterocycles. The van der Waals surface area contributed by atoms with E-state index in [2.05, 4.69) is 9.97 Å². The molecule has 6 heteroatoms. The standard InChI is InChI=1S/C5H4N2O2.C4H8O2/c8-5(9)4-1-2-6-3-7-4;1-2-6-4-3-5-1/h1-3H,(H,8,9);1-4H2. The van der Waals surface area contributed by atoms with E-state index >= 15 is 0 Å². The first-order chi connectivity index (χ1) is 7.30. The topological polar surface area (TPSA) is 81.5 Å². The molecular formula is C9H12N2O4. The molecule has 2 rings (SSSR count). The van der Waals surface area contributed by atoms with Gasteiger partial charge >= 0.3 is 5.97 Å². The van der Waals surface area contributed by atoms with E-state index in [9.17, 15) is 4.79 Å². The van der Waals surface area contributed by atoms with Crippen LogP contribution in [-0.4, -0.2) is 47.5 Å². The lowest BCUT2D eigenvalue weighted by Crippen LogP contribution is -2.16. The van der Waals surface area contributed by atoms with E-state index in [1.165, 1.54) is 18.6 Å². The molecule has 1 N–H and O–H groups in total. The van der Waals surface area contributed by atoms with Crippen LogP contribution in [0.15, 0.2) is 18.6 Å². The van der Waals surface area contributed by atoms with Crippen molar-refractivity contribution in [3.05, 3.63) is 24.3 Å². The van der Waals surface area contributed by atoms with Crippen LogP contribution in [0.5, 0.6) is 0 Å². The number of aromatic nitrogens is 2. The van der Waals surface area contributed by atoms with Crippen LogP contribution in [0.25, 0.3) is 0 Å². The minimum atomic E-state index is -1.03. The maximum atomic E-state index is 10.1. The minimum Gasteiger partial charge on any atom is -0.477 e. The Hall–Kier alpha value is -1.53. The second-order valence-electron chi connectivity index (χ2n) is 2.62. The Balaban J connectivity index is 0.000000162. The lowest BCUT2D eigenvalue weighted by molar-refractivity contribution is -0.0334. The van der Waals surface area contributed by atoms with Crippen molar-refractivity contribution in [2.45, 2.75) is 0 Å². The maximum absolute atomic E-state index is 10.1. The second kappa shape index (κ2) is 6.86. The molecule has 0 bridgehead atoms. The molecule has 1 aliphatic rings. The van der Waals surface area contributed by atoms with Gasteiger partial charge in [-0.25, -0.2) is 14.8 Å². The van der Waals surface area contributed by atoms with Gasteiger partial charge in [-0.3, -0.25) is 0 Å². The quantitative estimate of drug-likeness (QED) is 0.716. The first-order valence-corrected chi connectivity index (χ1v) is 4.45. The average molecular weight is 212 g/mol. The summed E-state index contributed by atoms with van der Waals surface area (Å²) < 4.78 is 9.89. The van der Waals surface area contributed by atoms with E-state index in [0.717, 1.165) is 26.4 Å². The fourth-order valence-electron chi connectivity index (χ4n) is 0.857. The molecule has 0 atom stereocenters. The van der Waals surface area contributed by atoms with Gasteiger partial charge in [0.1, 0.15) is 6.33 Å². The highest BCUT2D eigenvalue weighted by molar-refractivity contribution is 5.84. The summed E-state index contributed by atoms with van der Waals surface area (Å²) in [6.45, 7) is 3.11. The summed E-state index contributed by atoms with van der Waals surface area (Å²) >= 11 is 0. The Bertz CT molecular complexity index is 276. The lowest BCUT2D eigenvalue weighted by Gasteiger charge is -2.09. The van der Waals surface area contributed by atoms with Crippen molar-refractivity contribution in [1.82, 2.24) is 9.97 Å². The van der Waals surface area contributed by atoms with Gasteiger partial charge in [0.05, 0.1) is 26.4 Å².